The van der Waals surface area contributed by atoms with E-state index < -0.39 is 0 Å². The van der Waals surface area contributed by atoms with Gasteiger partial charge in [-0.2, -0.15) is 0 Å². The minimum absolute atomic E-state index is 0.301. The molecule has 0 heterocycles. The van der Waals surface area contributed by atoms with E-state index in [1.54, 1.807) is 0 Å². The third kappa shape index (κ3) is 1.65. The molecule has 1 aliphatic carbocycles. The average molecular weight is 260 g/mol. The van der Waals surface area contributed by atoms with Crippen molar-refractivity contribution in [1.82, 2.24) is 0 Å². The summed E-state index contributed by atoms with van der Waals surface area (Å²) in [5.41, 5.74) is 2.21. The van der Waals surface area contributed by atoms with Gasteiger partial charge in [-0.15, -0.1) is 0 Å². The fraction of sp³-hybridized carbons (Fsp3) is 0.300. The maximum absolute atomic E-state index is 11.2. The average Bonchev–Trinajstić information content (AvgIpc) is 2.12. The highest BCUT2D eigenvalue weighted by molar-refractivity contribution is 9.10. The Morgan fingerprint density at radius 3 is 2.77 bits per heavy atom. The molecule has 3 heteroatoms. The van der Waals surface area contributed by atoms with Gasteiger partial charge in [0.25, 0.3) is 0 Å². The third-order valence-corrected chi connectivity index (χ3v) is 3.44. The molecule has 0 fully saturated rings. The number of carbonyl (C=O) groups is 1. The van der Waals surface area contributed by atoms with Gasteiger partial charge in [0.15, 0.2) is 0 Å². The monoisotopic (exact) mass is 258 g/mol. The molecule has 1 aliphatic rings. The minimum Gasteiger partial charge on any atom is -0.299 e. The first-order valence-corrected chi connectivity index (χ1v) is 5.33. The van der Waals surface area contributed by atoms with Gasteiger partial charge in [0.05, 0.1) is 0 Å². The van der Waals surface area contributed by atoms with E-state index in [4.69, 9.17) is 11.6 Å². The fourth-order valence-electron chi connectivity index (χ4n) is 1.65. The lowest BCUT2D eigenvalue weighted by molar-refractivity contribution is -0.118. The zero-order valence-electron chi connectivity index (χ0n) is 6.94. The maximum Gasteiger partial charge on any atom is 0.137 e. The Labute approximate surface area is 90.2 Å². The zero-order chi connectivity index (χ0) is 9.42. The maximum atomic E-state index is 11.2. The molecule has 1 nitrogen and oxygen atoms in total. The molecule has 0 amide bonds. The van der Waals surface area contributed by atoms with Crippen molar-refractivity contribution in [3.05, 3.63) is 32.8 Å². The van der Waals surface area contributed by atoms with Crippen LogP contribution in [0.15, 0.2) is 16.6 Å². The molecule has 1 aromatic rings. The number of rotatable bonds is 0. The van der Waals surface area contributed by atoms with E-state index in [0.717, 1.165) is 27.0 Å². The van der Waals surface area contributed by atoms with Gasteiger partial charge in [0.1, 0.15) is 5.78 Å². The second-order valence-corrected chi connectivity index (χ2v) is 4.46. The molecule has 0 saturated heterocycles. The van der Waals surface area contributed by atoms with Gasteiger partial charge in [-0.05, 0) is 29.7 Å². The van der Waals surface area contributed by atoms with Crippen LogP contribution in [0.3, 0.4) is 0 Å². The van der Waals surface area contributed by atoms with Crippen LogP contribution in [-0.4, -0.2) is 5.78 Å². The van der Waals surface area contributed by atoms with Crippen molar-refractivity contribution >= 4 is 33.3 Å². The van der Waals surface area contributed by atoms with Crippen LogP contribution in [0, 0.1) is 0 Å². The zero-order valence-corrected chi connectivity index (χ0v) is 9.28. The van der Waals surface area contributed by atoms with Crippen molar-refractivity contribution in [3.63, 3.8) is 0 Å². The van der Waals surface area contributed by atoms with Crippen LogP contribution >= 0.6 is 27.5 Å². The summed E-state index contributed by atoms with van der Waals surface area (Å²) in [7, 11) is 0. The van der Waals surface area contributed by atoms with Crippen LogP contribution in [0.4, 0.5) is 0 Å². The van der Waals surface area contributed by atoms with Crippen molar-refractivity contribution in [2.75, 3.05) is 0 Å². The van der Waals surface area contributed by atoms with Crippen molar-refractivity contribution < 1.29 is 4.79 Å². The number of benzene rings is 1. The highest BCUT2D eigenvalue weighted by Crippen LogP contribution is 2.31. The molecule has 13 heavy (non-hydrogen) atoms. The van der Waals surface area contributed by atoms with Gasteiger partial charge in [-0.3, -0.25) is 4.79 Å². The molecule has 0 bridgehead atoms. The van der Waals surface area contributed by atoms with Crippen LogP contribution in [0.2, 0.25) is 5.02 Å². The van der Waals surface area contributed by atoms with Crippen molar-refractivity contribution in [2.45, 2.75) is 19.3 Å². The lowest BCUT2D eigenvalue weighted by Crippen LogP contribution is -2.14. The summed E-state index contributed by atoms with van der Waals surface area (Å²) in [6.45, 7) is 0. The molecule has 68 valence electrons. The van der Waals surface area contributed by atoms with E-state index >= 15 is 0 Å². The highest BCUT2D eigenvalue weighted by atomic mass is 79.9. The summed E-state index contributed by atoms with van der Waals surface area (Å²) >= 11 is 9.46. The second-order valence-electron chi connectivity index (χ2n) is 3.20. The molecule has 1 aromatic carbocycles. The summed E-state index contributed by atoms with van der Waals surface area (Å²) in [5.74, 6) is 0.301. The van der Waals surface area contributed by atoms with E-state index in [1.165, 1.54) is 0 Å². The first-order valence-electron chi connectivity index (χ1n) is 4.16. The van der Waals surface area contributed by atoms with Gasteiger partial charge in [0, 0.05) is 22.3 Å². The second kappa shape index (κ2) is 3.43. The number of carbonyl (C=O) groups excluding carboxylic acids is 1. The van der Waals surface area contributed by atoms with Crippen molar-refractivity contribution in [1.29, 1.82) is 0 Å². The molecular formula is C10H8BrClO. The number of hydrogen-bond acceptors (Lipinski definition) is 1. The van der Waals surface area contributed by atoms with Crippen LogP contribution < -0.4 is 0 Å². The lowest BCUT2D eigenvalue weighted by atomic mass is 9.91. The summed E-state index contributed by atoms with van der Waals surface area (Å²) in [4.78, 5) is 11.2. The largest absolute Gasteiger partial charge is 0.299 e. The van der Waals surface area contributed by atoms with E-state index in [1.807, 2.05) is 12.1 Å². The summed E-state index contributed by atoms with van der Waals surface area (Å²) in [6.07, 6.45) is 1.94. The van der Waals surface area contributed by atoms with Gasteiger partial charge in [-0.1, -0.05) is 27.5 Å². The van der Waals surface area contributed by atoms with Crippen LogP contribution in [0.25, 0.3) is 0 Å². The third-order valence-electron chi connectivity index (χ3n) is 2.34. The molecule has 0 aromatic heterocycles. The SMILES string of the molecule is O=C1CCc2c(Cl)ccc(Br)c2C1. The first kappa shape index (κ1) is 9.22. The number of fused-ring (bicyclic) bond motifs is 1. The summed E-state index contributed by atoms with van der Waals surface area (Å²) in [6, 6.07) is 3.78. The van der Waals surface area contributed by atoms with Crippen molar-refractivity contribution in [2.24, 2.45) is 0 Å². The van der Waals surface area contributed by atoms with Crippen molar-refractivity contribution in [3.8, 4) is 0 Å². The molecule has 2 rings (SSSR count). The molecule has 0 spiro atoms. The van der Waals surface area contributed by atoms with Crippen LogP contribution in [0.1, 0.15) is 17.5 Å². The summed E-state index contributed by atoms with van der Waals surface area (Å²) < 4.78 is 1.000. The number of hydrogen-bond donors (Lipinski definition) is 0. The van der Waals surface area contributed by atoms with E-state index in [2.05, 4.69) is 15.9 Å². The molecule has 0 atom stereocenters. The molecule has 0 N–H and O–H groups in total. The number of halogens is 2. The highest BCUT2D eigenvalue weighted by Gasteiger charge is 2.19. The predicted molar refractivity (Wildman–Crippen MR) is 56.2 cm³/mol. The van der Waals surface area contributed by atoms with Crippen LogP contribution in [-0.2, 0) is 17.6 Å². The van der Waals surface area contributed by atoms with Gasteiger partial charge in [0.2, 0.25) is 0 Å². The topological polar surface area (TPSA) is 17.1 Å². The molecule has 0 unspecified atom stereocenters. The standard InChI is InChI=1S/C10H8BrClO/c11-9-3-4-10(12)7-2-1-6(13)5-8(7)9/h3-4H,1-2,5H2. The van der Waals surface area contributed by atoms with E-state index in [9.17, 15) is 4.79 Å². The van der Waals surface area contributed by atoms with E-state index in [0.29, 0.717) is 18.6 Å². The fourth-order valence-corrected chi connectivity index (χ4v) is 2.43. The number of ketones is 1. The first-order chi connectivity index (χ1) is 6.18. The Balaban J connectivity index is 2.57. The molecule has 0 aliphatic heterocycles. The van der Waals surface area contributed by atoms with Crippen LogP contribution in [0.5, 0.6) is 0 Å². The molecule has 0 radical (unpaired) electrons. The Morgan fingerprint density at radius 1 is 1.23 bits per heavy atom. The Bertz CT molecular complexity index is 373. The smallest absolute Gasteiger partial charge is 0.137 e. The molecular weight excluding hydrogens is 251 g/mol. The number of Topliss-reactive ketones (excluding diaryl/α,β-unsaturated/α-hetero) is 1. The minimum atomic E-state index is 0.301. The Hall–Kier alpha value is -0.340. The van der Waals surface area contributed by atoms with Gasteiger partial charge >= 0.3 is 0 Å². The quantitative estimate of drug-likeness (QED) is 0.699. The normalized spacial score (nSPS) is 15.7. The predicted octanol–water partition coefficient (Wildman–Crippen LogP) is 3.16. The molecule has 0 saturated carbocycles. The lowest BCUT2D eigenvalue weighted by Gasteiger charge is -2.17. The van der Waals surface area contributed by atoms with Gasteiger partial charge < -0.3 is 0 Å². The van der Waals surface area contributed by atoms with E-state index in [-0.39, 0.29) is 0 Å². The Morgan fingerprint density at radius 2 is 2.00 bits per heavy atom. The van der Waals surface area contributed by atoms with Gasteiger partial charge in [-0.25, -0.2) is 0 Å². The summed E-state index contributed by atoms with van der Waals surface area (Å²) in [5, 5.41) is 0.783. The Kier molecular flexibility index (Phi) is 2.43.